The number of ether oxygens (including phenoxy) is 2. The van der Waals surface area contributed by atoms with Gasteiger partial charge >= 0.3 is 0 Å². The number of amides is 1. The van der Waals surface area contributed by atoms with Crippen molar-refractivity contribution in [1.82, 2.24) is 4.90 Å². The zero-order valence-corrected chi connectivity index (χ0v) is 13.2. The van der Waals surface area contributed by atoms with Crippen molar-refractivity contribution in [2.45, 2.75) is 45.2 Å². The summed E-state index contributed by atoms with van der Waals surface area (Å²) < 4.78 is 10.5. The van der Waals surface area contributed by atoms with E-state index in [-0.39, 0.29) is 11.9 Å². The normalized spacial score (nSPS) is 21.4. The van der Waals surface area contributed by atoms with Crippen LogP contribution in [0.1, 0.15) is 43.5 Å². The summed E-state index contributed by atoms with van der Waals surface area (Å²) in [6.45, 7) is 4.20. The third-order valence-corrected chi connectivity index (χ3v) is 4.28. The SMILES string of the molecule is CCC1CCC(C)N1C(=O)c1cc(OC)c(OC)cc1N. The maximum absolute atomic E-state index is 12.9. The predicted molar refractivity (Wildman–Crippen MR) is 82.9 cm³/mol. The van der Waals surface area contributed by atoms with Gasteiger partial charge < -0.3 is 20.1 Å². The van der Waals surface area contributed by atoms with Gasteiger partial charge in [-0.15, -0.1) is 0 Å². The molecule has 1 heterocycles. The Balaban J connectivity index is 2.39. The number of nitrogen functional groups attached to an aromatic ring is 1. The first-order valence-electron chi connectivity index (χ1n) is 7.37. The number of anilines is 1. The quantitative estimate of drug-likeness (QED) is 0.867. The largest absolute Gasteiger partial charge is 0.493 e. The van der Waals surface area contributed by atoms with Crippen LogP contribution in [0.15, 0.2) is 12.1 Å². The molecule has 5 heteroatoms. The molecule has 5 nitrogen and oxygen atoms in total. The minimum atomic E-state index is -0.0229. The lowest BCUT2D eigenvalue weighted by Gasteiger charge is -2.28. The van der Waals surface area contributed by atoms with Gasteiger partial charge in [-0.1, -0.05) is 6.92 Å². The Morgan fingerprint density at radius 2 is 1.90 bits per heavy atom. The molecule has 2 N–H and O–H groups in total. The van der Waals surface area contributed by atoms with Crippen LogP contribution >= 0.6 is 0 Å². The molecule has 21 heavy (non-hydrogen) atoms. The van der Waals surface area contributed by atoms with Crippen molar-refractivity contribution >= 4 is 11.6 Å². The first kappa shape index (κ1) is 15.5. The molecule has 1 fully saturated rings. The van der Waals surface area contributed by atoms with E-state index in [1.165, 1.54) is 0 Å². The third kappa shape index (κ3) is 2.77. The second-order valence-corrected chi connectivity index (χ2v) is 5.50. The molecule has 116 valence electrons. The average Bonchev–Trinajstić information content (AvgIpc) is 2.87. The van der Waals surface area contributed by atoms with Crippen LogP contribution < -0.4 is 15.2 Å². The van der Waals surface area contributed by atoms with Crippen molar-refractivity contribution in [3.05, 3.63) is 17.7 Å². The topological polar surface area (TPSA) is 64.8 Å². The number of hydrogen-bond acceptors (Lipinski definition) is 4. The van der Waals surface area contributed by atoms with Crippen LogP contribution in [-0.4, -0.2) is 37.1 Å². The van der Waals surface area contributed by atoms with Gasteiger partial charge in [0.1, 0.15) is 0 Å². The average molecular weight is 292 g/mol. The zero-order valence-electron chi connectivity index (χ0n) is 13.2. The van der Waals surface area contributed by atoms with Gasteiger partial charge in [0, 0.05) is 23.8 Å². The van der Waals surface area contributed by atoms with Crippen LogP contribution in [0.25, 0.3) is 0 Å². The van der Waals surface area contributed by atoms with Crippen molar-refractivity contribution in [2.24, 2.45) is 0 Å². The van der Waals surface area contributed by atoms with E-state index in [4.69, 9.17) is 15.2 Å². The summed E-state index contributed by atoms with van der Waals surface area (Å²) in [5.74, 6) is 1.04. The molecular weight excluding hydrogens is 268 g/mol. The fourth-order valence-corrected chi connectivity index (χ4v) is 3.06. The molecule has 0 spiro atoms. The van der Waals surface area contributed by atoms with E-state index in [2.05, 4.69) is 13.8 Å². The smallest absolute Gasteiger partial charge is 0.256 e. The minimum Gasteiger partial charge on any atom is -0.493 e. The number of likely N-dealkylation sites (tertiary alicyclic amines) is 1. The Bertz CT molecular complexity index is 530. The van der Waals surface area contributed by atoms with E-state index in [1.54, 1.807) is 26.4 Å². The van der Waals surface area contributed by atoms with E-state index >= 15 is 0 Å². The van der Waals surface area contributed by atoms with Crippen LogP contribution in [0.3, 0.4) is 0 Å². The first-order valence-corrected chi connectivity index (χ1v) is 7.37. The summed E-state index contributed by atoms with van der Waals surface area (Å²) in [5, 5.41) is 0. The third-order valence-electron chi connectivity index (χ3n) is 4.28. The van der Waals surface area contributed by atoms with Gasteiger partial charge in [-0.3, -0.25) is 4.79 Å². The van der Waals surface area contributed by atoms with E-state index in [9.17, 15) is 4.79 Å². The van der Waals surface area contributed by atoms with Crippen molar-refractivity contribution in [3.8, 4) is 11.5 Å². The molecule has 1 aromatic carbocycles. The van der Waals surface area contributed by atoms with Crippen LogP contribution in [0, 0.1) is 0 Å². The Morgan fingerprint density at radius 3 is 2.48 bits per heavy atom. The number of nitrogens with zero attached hydrogens (tertiary/aromatic N) is 1. The Labute approximate surface area is 126 Å². The van der Waals surface area contributed by atoms with Crippen LogP contribution in [-0.2, 0) is 0 Å². The maximum atomic E-state index is 12.9. The van der Waals surface area contributed by atoms with Gasteiger partial charge in [0.15, 0.2) is 11.5 Å². The van der Waals surface area contributed by atoms with Gasteiger partial charge in [-0.25, -0.2) is 0 Å². The highest BCUT2D eigenvalue weighted by molar-refractivity contribution is 6.00. The lowest BCUT2D eigenvalue weighted by molar-refractivity contribution is 0.0677. The number of rotatable bonds is 4. The highest BCUT2D eigenvalue weighted by Gasteiger charge is 2.34. The van der Waals surface area contributed by atoms with Crippen molar-refractivity contribution in [1.29, 1.82) is 0 Å². The highest BCUT2D eigenvalue weighted by atomic mass is 16.5. The molecule has 0 saturated carbocycles. The second-order valence-electron chi connectivity index (χ2n) is 5.50. The number of nitrogens with two attached hydrogens (primary N) is 1. The second kappa shape index (κ2) is 6.24. The molecule has 2 rings (SSSR count). The highest BCUT2D eigenvalue weighted by Crippen LogP contribution is 2.35. The molecule has 1 aliphatic heterocycles. The van der Waals surface area contributed by atoms with Crippen molar-refractivity contribution < 1.29 is 14.3 Å². The molecular formula is C16H24N2O3. The van der Waals surface area contributed by atoms with Gasteiger partial charge in [0.2, 0.25) is 0 Å². The van der Waals surface area contributed by atoms with E-state index in [0.717, 1.165) is 19.3 Å². The predicted octanol–water partition coefficient (Wildman–Crippen LogP) is 2.69. The molecule has 0 aromatic heterocycles. The molecule has 1 aromatic rings. The van der Waals surface area contributed by atoms with Crippen molar-refractivity contribution in [3.63, 3.8) is 0 Å². The van der Waals surface area contributed by atoms with Gasteiger partial charge in [-0.05, 0) is 32.3 Å². The summed E-state index contributed by atoms with van der Waals surface area (Å²) >= 11 is 0. The minimum absolute atomic E-state index is 0.0229. The van der Waals surface area contributed by atoms with Crippen LogP contribution in [0.5, 0.6) is 11.5 Å². The van der Waals surface area contributed by atoms with Crippen LogP contribution in [0.2, 0.25) is 0 Å². The summed E-state index contributed by atoms with van der Waals surface area (Å²) in [6, 6.07) is 3.86. The van der Waals surface area contributed by atoms with E-state index < -0.39 is 0 Å². The molecule has 0 radical (unpaired) electrons. The fraction of sp³-hybridized carbons (Fsp3) is 0.562. The Hall–Kier alpha value is -1.91. The van der Waals surface area contributed by atoms with Crippen molar-refractivity contribution in [2.75, 3.05) is 20.0 Å². The molecule has 1 saturated heterocycles. The standard InChI is InChI=1S/C16H24N2O3/c1-5-11-7-6-10(2)18(11)16(19)12-8-14(20-3)15(21-4)9-13(12)17/h8-11H,5-7,17H2,1-4H3. The van der Waals surface area contributed by atoms with E-state index in [1.807, 2.05) is 4.90 Å². The summed E-state index contributed by atoms with van der Waals surface area (Å²) in [5.41, 5.74) is 6.95. The van der Waals surface area contributed by atoms with Crippen LogP contribution in [0.4, 0.5) is 5.69 Å². The van der Waals surface area contributed by atoms with Gasteiger partial charge in [-0.2, -0.15) is 0 Å². The van der Waals surface area contributed by atoms with Gasteiger partial charge in [0.05, 0.1) is 19.8 Å². The number of carbonyl (C=O) groups is 1. The monoisotopic (exact) mass is 292 g/mol. The first-order chi connectivity index (χ1) is 10.0. The fourth-order valence-electron chi connectivity index (χ4n) is 3.06. The summed E-state index contributed by atoms with van der Waals surface area (Å²) in [4.78, 5) is 14.8. The molecule has 1 amide bonds. The summed E-state index contributed by atoms with van der Waals surface area (Å²) in [7, 11) is 3.10. The van der Waals surface area contributed by atoms with Gasteiger partial charge in [0.25, 0.3) is 5.91 Å². The Morgan fingerprint density at radius 1 is 1.29 bits per heavy atom. The lowest BCUT2D eigenvalue weighted by atomic mass is 10.1. The lowest BCUT2D eigenvalue weighted by Crippen LogP contribution is -2.40. The molecule has 0 bridgehead atoms. The number of hydrogen-bond donors (Lipinski definition) is 1. The number of methoxy groups -OCH3 is 2. The molecule has 1 aliphatic rings. The molecule has 2 atom stereocenters. The number of benzene rings is 1. The Kier molecular flexibility index (Phi) is 4.60. The maximum Gasteiger partial charge on any atom is 0.256 e. The molecule has 0 aliphatic carbocycles. The molecule has 2 unspecified atom stereocenters. The zero-order chi connectivity index (χ0) is 15.6. The number of carbonyl (C=O) groups excluding carboxylic acids is 1. The van der Waals surface area contributed by atoms with E-state index in [0.29, 0.717) is 28.8 Å². The summed E-state index contributed by atoms with van der Waals surface area (Å²) in [6.07, 6.45) is 3.05.